The van der Waals surface area contributed by atoms with E-state index in [1.54, 1.807) is 18.6 Å². The zero-order valence-corrected chi connectivity index (χ0v) is 11.2. The summed E-state index contributed by atoms with van der Waals surface area (Å²) < 4.78 is 31.4. The van der Waals surface area contributed by atoms with E-state index in [1.165, 1.54) is 18.3 Å². The third-order valence-corrected chi connectivity index (χ3v) is 2.70. The number of carbonyl (C=O) groups excluding carboxylic acids is 1. The summed E-state index contributed by atoms with van der Waals surface area (Å²) in [5.74, 6) is 0. The summed E-state index contributed by atoms with van der Waals surface area (Å²) in [6.45, 7) is 3.20. The van der Waals surface area contributed by atoms with E-state index in [4.69, 9.17) is 11.6 Å². The number of rotatable bonds is 4. The number of halogens is 1. The Balaban J connectivity index is 2.65. The molecule has 0 saturated carbocycles. The van der Waals surface area contributed by atoms with Gasteiger partial charge in [-0.1, -0.05) is 11.6 Å². The van der Waals surface area contributed by atoms with E-state index in [1.807, 2.05) is 0 Å². The van der Waals surface area contributed by atoms with Crippen LogP contribution in [0.3, 0.4) is 0 Å². The Morgan fingerprint density at radius 1 is 1.44 bits per heavy atom. The molecule has 1 heterocycles. The predicted octanol–water partition coefficient (Wildman–Crippen LogP) is 1.53. The highest BCUT2D eigenvalue weighted by Crippen LogP contribution is 2.10. The summed E-state index contributed by atoms with van der Waals surface area (Å²) in [4.78, 5) is 14.8. The van der Waals surface area contributed by atoms with Crippen LogP contribution in [-0.4, -0.2) is 25.6 Å². The number of pyridine rings is 1. The lowest BCUT2D eigenvalue weighted by Gasteiger charge is -2.11. The van der Waals surface area contributed by atoms with Crippen LogP contribution in [0.5, 0.6) is 0 Å². The third kappa shape index (κ3) is 5.19. The van der Waals surface area contributed by atoms with Gasteiger partial charge in [-0.2, -0.15) is 8.42 Å². The highest BCUT2D eigenvalue weighted by Gasteiger charge is 2.16. The highest BCUT2D eigenvalue weighted by atomic mass is 35.5. The molecule has 18 heavy (non-hydrogen) atoms. The summed E-state index contributed by atoms with van der Waals surface area (Å²) in [6, 6.07) is 2.81. The Kier molecular flexibility index (Phi) is 4.74. The van der Waals surface area contributed by atoms with Crippen molar-refractivity contribution in [3.05, 3.63) is 23.5 Å². The number of ether oxygens (including phenoxy) is 1. The van der Waals surface area contributed by atoms with Crippen LogP contribution in [0.4, 0.5) is 10.5 Å². The van der Waals surface area contributed by atoms with E-state index in [2.05, 4.69) is 14.4 Å². The minimum atomic E-state index is -4.05. The second-order valence-electron chi connectivity index (χ2n) is 3.53. The fourth-order valence-electron chi connectivity index (χ4n) is 0.965. The lowest BCUT2D eigenvalue weighted by molar-refractivity contribution is 0.121. The number of carbonyl (C=O) groups is 1. The number of nitrogens with one attached hydrogen (secondary N) is 2. The molecule has 0 aromatic carbocycles. The molecule has 1 aromatic rings. The van der Waals surface area contributed by atoms with E-state index >= 15 is 0 Å². The molecule has 0 spiro atoms. The van der Waals surface area contributed by atoms with Crippen molar-refractivity contribution in [1.29, 1.82) is 0 Å². The van der Waals surface area contributed by atoms with Gasteiger partial charge in [0, 0.05) is 0 Å². The Hall–Kier alpha value is -1.54. The molecule has 0 aliphatic rings. The molecule has 0 unspecified atom stereocenters. The van der Waals surface area contributed by atoms with Crippen molar-refractivity contribution in [3.8, 4) is 0 Å². The van der Waals surface area contributed by atoms with Crippen molar-refractivity contribution in [3.63, 3.8) is 0 Å². The molecule has 9 heteroatoms. The first-order valence-electron chi connectivity index (χ1n) is 4.91. The van der Waals surface area contributed by atoms with Crippen LogP contribution in [0.1, 0.15) is 13.8 Å². The zero-order chi connectivity index (χ0) is 13.8. The van der Waals surface area contributed by atoms with Crippen molar-refractivity contribution >= 4 is 33.6 Å². The molecule has 0 aliphatic carbocycles. The molecule has 100 valence electrons. The maximum Gasteiger partial charge on any atom is 0.422 e. The zero-order valence-electron chi connectivity index (χ0n) is 9.68. The van der Waals surface area contributed by atoms with Gasteiger partial charge >= 0.3 is 16.3 Å². The van der Waals surface area contributed by atoms with Crippen LogP contribution in [0, 0.1) is 0 Å². The monoisotopic (exact) mass is 293 g/mol. The maximum atomic E-state index is 11.5. The molecule has 0 saturated heterocycles. The van der Waals surface area contributed by atoms with Crippen molar-refractivity contribution in [2.75, 3.05) is 4.72 Å². The van der Waals surface area contributed by atoms with E-state index in [-0.39, 0.29) is 10.8 Å². The topological polar surface area (TPSA) is 97.4 Å². The van der Waals surface area contributed by atoms with Crippen LogP contribution < -0.4 is 9.44 Å². The number of aromatic nitrogens is 1. The van der Waals surface area contributed by atoms with Gasteiger partial charge in [0.05, 0.1) is 18.0 Å². The van der Waals surface area contributed by atoms with Crippen molar-refractivity contribution in [2.24, 2.45) is 0 Å². The molecular weight excluding hydrogens is 282 g/mol. The standard InChI is InChI=1S/C9H12ClN3O4S/c1-6(2)17-9(14)13-18(15,16)12-7-3-4-8(10)11-5-7/h3-6,12H,1-2H3,(H,13,14). The highest BCUT2D eigenvalue weighted by molar-refractivity contribution is 7.91. The average molecular weight is 294 g/mol. The Bertz CT molecular complexity index is 515. The van der Waals surface area contributed by atoms with Gasteiger partial charge in [-0.3, -0.25) is 4.72 Å². The minimum absolute atomic E-state index is 0.171. The maximum absolute atomic E-state index is 11.5. The van der Waals surface area contributed by atoms with Crippen LogP contribution in [-0.2, 0) is 14.9 Å². The average Bonchev–Trinajstić information content (AvgIpc) is 2.18. The normalized spacial score (nSPS) is 11.1. The first-order chi connectivity index (χ1) is 8.28. The number of hydrogen-bond donors (Lipinski definition) is 2. The van der Waals surface area contributed by atoms with Crippen LogP contribution in [0.2, 0.25) is 5.15 Å². The summed E-state index contributed by atoms with van der Waals surface area (Å²) in [5.41, 5.74) is 0.171. The summed E-state index contributed by atoms with van der Waals surface area (Å²) in [6.07, 6.45) is -0.258. The van der Waals surface area contributed by atoms with Crippen LogP contribution >= 0.6 is 11.6 Å². The first kappa shape index (κ1) is 14.5. The lowest BCUT2D eigenvalue weighted by Crippen LogP contribution is -2.36. The Morgan fingerprint density at radius 3 is 2.61 bits per heavy atom. The SMILES string of the molecule is CC(C)OC(=O)NS(=O)(=O)Nc1ccc(Cl)nc1. The summed E-state index contributed by atoms with van der Waals surface area (Å²) in [7, 11) is -4.05. The first-order valence-corrected chi connectivity index (χ1v) is 6.77. The fraction of sp³-hybridized carbons (Fsp3) is 0.333. The Labute approximate surface area is 110 Å². The molecule has 0 atom stereocenters. The number of nitrogens with zero attached hydrogens (tertiary/aromatic N) is 1. The van der Waals surface area contributed by atoms with Gasteiger partial charge in [0.2, 0.25) is 0 Å². The van der Waals surface area contributed by atoms with Crippen LogP contribution in [0.25, 0.3) is 0 Å². The van der Waals surface area contributed by atoms with Crippen molar-refractivity contribution in [1.82, 2.24) is 9.71 Å². The van der Waals surface area contributed by atoms with E-state index in [0.717, 1.165) is 0 Å². The van der Waals surface area contributed by atoms with Gasteiger partial charge in [0.1, 0.15) is 5.15 Å². The summed E-state index contributed by atoms with van der Waals surface area (Å²) >= 11 is 5.55. The second kappa shape index (κ2) is 5.87. The lowest BCUT2D eigenvalue weighted by atomic mass is 10.4. The molecule has 0 fully saturated rings. The van der Waals surface area contributed by atoms with E-state index in [9.17, 15) is 13.2 Å². The van der Waals surface area contributed by atoms with Gasteiger partial charge in [-0.25, -0.2) is 14.5 Å². The van der Waals surface area contributed by atoms with Gasteiger partial charge in [-0.05, 0) is 26.0 Å². The molecular formula is C9H12ClN3O4S. The van der Waals surface area contributed by atoms with E-state index in [0.29, 0.717) is 0 Å². The molecule has 1 amide bonds. The largest absolute Gasteiger partial charge is 0.446 e. The molecule has 0 bridgehead atoms. The second-order valence-corrected chi connectivity index (χ2v) is 5.33. The van der Waals surface area contributed by atoms with Gasteiger partial charge in [0.25, 0.3) is 0 Å². The quantitative estimate of drug-likeness (QED) is 0.820. The number of amides is 1. The van der Waals surface area contributed by atoms with Gasteiger partial charge in [-0.15, -0.1) is 0 Å². The van der Waals surface area contributed by atoms with Gasteiger partial charge < -0.3 is 4.74 Å². The smallest absolute Gasteiger partial charge is 0.422 e. The molecule has 1 rings (SSSR count). The minimum Gasteiger partial charge on any atom is -0.446 e. The number of anilines is 1. The molecule has 1 aromatic heterocycles. The molecule has 7 nitrogen and oxygen atoms in total. The molecule has 0 radical (unpaired) electrons. The molecule has 0 aliphatic heterocycles. The molecule has 2 N–H and O–H groups in total. The Morgan fingerprint density at radius 2 is 2.11 bits per heavy atom. The third-order valence-electron chi connectivity index (χ3n) is 1.54. The predicted molar refractivity (Wildman–Crippen MR) is 66.5 cm³/mol. The summed E-state index contributed by atoms with van der Waals surface area (Å²) in [5, 5.41) is 0.227. The van der Waals surface area contributed by atoms with Gasteiger partial charge in [0.15, 0.2) is 0 Å². The number of hydrogen-bond acceptors (Lipinski definition) is 5. The van der Waals surface area contributed by atoms with Crippen molar-refractivity contribution in [2.45, 2.75) is 20.0 Å². The van der Waals surface area contributed by atoms with E-state index < -0.39 is 22.4 Å². The fourth-order valence-corrected chi connectivity index (χ4v) is 1.83. The van der Waals surface area contributed by atoms with Crippen molar-refractivity contribution < 1.29 is 17.9 Å². The van der Waals surface area contributed by atoms with Crippen LogP contribution in [0.15, 0.2) is 18.3 Å².